The molecule has 10 heteroatoms. The molecule has 130 valence electrons. The third-order valence-electron chi connectivity index (χ3n) is 3.01. The van der Waals surface area contributed by atoms with Crippen LogP contribution in [0.5, 0.6) is 11.8 Å². The Labute approximate surface area is 149 Å². The van der Waals surface area contributed by atoms with Crippen LogP contribution in [0.25, 0.3) is 5.69 Å². The topological polar surface area (TPSA) is 75.0 Å². The lowest BCUT2D eigenvalue weighted by Crippen LogP contribution is -2.02. The second kappa shape index (κ2) is 7.97. The second-order valence-electron chi connectivity index (χ2n) is 4.78. The summed E-state index contributed by atoms with van der Waals surface area (Å²) < 4.78 is 37.5. The molecule has 0 aliphatic rings. The van der Waals surface area contributed by atoms with Crippen LogP contribution >= 0.6 is 15.9 Å². The number of hydrogen-bond donors (Lipinski definition) is 0. The van der Waals surface area contributed by atoms with E-state index in [9.17, 15) is 8.78 Å². The lowest BCUT2D eigenvalue weighted by atomic mass is 10.3. The van der Waals surface area contributed by atoms with Gasteiger partial charge in [0.05, 0.1) is 28.8 Å². The van der Waals surface area contributed by atoms with E-state index < -0.39 is 6.67 Å². The van der Waals surface area contributed by atoms with E-state index in [1.165, 1.54) is 23.1 Å². The maximum Gasteiger partial charge on any atom is 0.316 e. The van der Waals surface area contributed by atoms with Crippen LogP contribution in [-0.2, 0) is 6.61 Å². The predicted molar refractivity (Wildman–Crippen MR) is 86.9 cm³/mol. The summed E-state index contributed by atoms with van der Waals surface area (Å²) in [7, 11) is 0. The summed E-state index contributed by atoms with van der Waals surface area (Å²) >= 11 is 3.12. The molecule has 3 aromatic rings. The molecular weight excluding hydrogens is 400 g/mol. The average Bonchev–Trinajstić information content (AvgIpc) is 3.10. The van der Waals surface area contributed by atoms with Crippen molar-refractivity contribution < 1.29 is 18.3 Å². The minimum Gasteiger partial charge on any atom is -0.488 e. The molecule has 0 atom stereocenters. The molecule has 7 nitrogen and oxygen atoms in total. The van der Waals surface area contributed by atoms with Crippen LogP contribution in [0.15, 0.2) is 41.3 Å². The van der Waals surface area contributed by atoms with Crippen molar-refractivity contribution in [3.8, 4) is 17.4 Å². The van der Waals surface area contributed by atoms with E-state index in [0.717, 1.165) is 0 Å². The number of halogens is 3. The Morgan fingerprint density at radius 3 is 2.68 bits per heavy atom. The van der Waals surface area contributed by atoms with E-state index in [1.807, 2.05) is 0 Å². The van der Waals surface area contributed by atoms with Crippen LogP contribution in [0.2, 0.25) is 0 Å². The fraction of sp³-hybridized carbons (Fsp3) is 0.200. The molecule has 0 bridgehead atoms. The van der Waals surface area contributed by atoms with Crippen molar-refractivity contribution in [1.82, 2.24) is 25.0 Å². The molecule has 0 unspecified atom stereocenters. The van der Waals surface area contributed by atoms with Crippen molar-refractivity contribution in [2.45, 2.75) is 6.61 Å². The Bertz CT molecular complexity index is 844. The zero-order chi connectivity index (χ0) is 17.6. The molecule has 25 heavy (non-hydrogen) atoms. The molecule has 0 aliphatic heterocycles. The zero-order valence-corrected chi connectivity index (χ0v) is 14.4. The predicted octanol–water partition coefficient (Wildman–Crippen LogP) is 2.89. The standard InChI is InChI=1S/C15H12BrF2N5O2/c16-13-5-11(1-2-14(13)18)23-8-10(21-22-23)9-25-15-19-6-12(7-20-15)24-4-3-17/h1-2,5-8H,3-4,9H2. The van der Waals surface area contributed by atoms with E-state index in [0.29, 0.717) is 21.6 Å². The van der Waals surface area contributed by atoms with Crippen molar-refractivity contribution in [3.05, 3.63) is 52.8 Å². The molecule has 0 fully saturated rings. The lowest BCUT2D eigenvalue weighted by Gasteiger charge is -2.04. The second-order valence-corrected chi connectivity index (χ2v) is 5.63. The number of aromatic nitrogens is 5. The van der Waals surface area contributed by atoms with Gasteiger partial charge in [0.1, 0.15) is 31.4 Å². The third kappa shape index (κ3) is 4.47. The highest BCUT2D eigenvalue weighted by molar-refractivity contribution is 9.10. The highest BCUT2D eigenvalue weighted by Crippen LogP contribution is 2.19. The van der Waals surface area contributed by atoms with Crippen molar-refractivity contribution in [2.24, 2.45) is 0 Å². The van der Waals surface area contributed by atoms with Gasteiger partial charge in [0.15, 0.2) is 5.75 Å². The van der Waals surface area contributed by atoms with Crippen molar-refractivity contribution in [1.29, 1.82) is 0 Å². The van der Waals surface area contributed by atoms with Crippen molar-refractivity contribution >= 4 is 15.9 Å². The monoisotopic (exact) mass is 411 g/mol. The van der Waals surface area contributed by atoms with Crippen LogP contribution < -0.4 is 9.47 Å². The Hall–Kier alpha value is -2.62. The van der Waals surface area contributed by atoms with Gasteiger partial charge < -0.3 is 9.47 Å². The van der Waals surface area contributed by atoms with Gasteiger partial charge in [-0.05, 0) is 34.1 Å². The first kappa shape index (κ1) is 17.2. The van der Waals surface area contributed by atoms with Gasteiger partial charge in [0.25, 0.3) is 0 Å². The van der Waals surface area contributed by atoms with Crippen molar-refractivity contribution in [2.75, 3.05) is 13.3 Å². The molecule has 0 N–H and O–H groups in total. The fourth-order valence-corrected chi connectivity index (χ4v) is 2.23. The smallest absolute Gasteiger partial charge is 0.316 e. The molecule has 2 aromatic heterocycles. The van der Waals surface area contributed by atoms with E-state index in [-0.39, 0.29) is 25.0 Å². The molecule has 3 rings (SSSR count). The molecule has 0 spiro atoms. The van der Waals surface area contributed by atoms with Gasteiger partial charge in [-0.1, -0.05) is 5.21 Å². The van der Waals surface area contributed by atoms with Crippen molar-refractivity contribution in [3.63, 3.8) is 0 Å². The van der Waals surface area contributed by atoms with Gasteiger partial charge in [0, 0.05) is 0 Å². The van der Waals surface area contributed by atoms with Crippen LogP contribution in [0, 0.1) is 5.82 Å². The van der Waals surface area contributed by atoms with Crippen LogP contribution in [0.3, 0.4) is 0 Å². The molecule has 2 heterocycles. The summed E-state index contributed by atoms with van der Waals surface area (Å²) in [5, 5.41) is 7.94. The Morgan fingerprint density at radius 1 is 1.16 bits per heavy atom. The Morgan fingerprint density at radius 2 is 1.96 bits per heavy atom. The zero-order valence-electron chi connectivity index (χ0n) is 12.8. The van der Waals surface area contributed by atoms with Gasteiger partial charge in [-0.25, -0.2) is 13.5 Å². The summed E-state index contributed by atoms with van der Waals surface area (Å²) in [6.45, 7) is -0.530. The first-order chi connectivity index (χ1) is 12.2. The fourth-order valence-electron chi connectivity index (χ4n) is 1.87. The summed E-state index contributed by atoms with van der Waals surface area (Å²) in [6, 6.07) is 4.64. The highest BCUT2D eigenvalue weighted by Gasteiger charge is 2.07. The third-order valence-corrected chi connectivity index (χ3v) is 3.62. The first-order valence-electron chi connectivity index (χ1n) is 7.16. The molecule has 0 saturated heterocycles. The number of ether oxygens (including phenoxy) is 2. The Balaban J connectivity index is 1.60. The maximum atomic E-state index is 13.3. The van der Waals surface area contributed by atoms with Gasteiger partial charge in [-0.15, -0.1) is 5.10 Å². The summed E-state index contributed by atoms with van der Waals surface area (Å²) in [5.41, 5.74) is 1.19. The molecular formula is C15H12BrF2N5O2. The quantitative estimate of drug-likeness (QED) is 0.594. The SMILES string of the molecule is FCCOc1cnc(OCc2cn(-c3ccc(F)c(Br)c3)nn2)nc1. The minimum atomic E-state index is -0.585. The number of rotatable bonds is 7. The summed E-state index contributed by atoms with van der Waals surface area (Å²) in [4.78, 5) is 7.90. The van der Waals surface area contributed by atoms with Gasteiger partial charge in [-0.3, -0.25) is 0 Å². The average molecular weight is 412 g/mol. The van der Waals surface area contributed by atoms with E-state index in [4.69, 9.17) is 9.47 Å². The summed E-state index contributed by atoms with van der Waals surface area (Å²) in [5.74, 6) is 0.00124. The number of alkyl halides is 1. The van der Waals surface area contributed by atoms with Crippen LogP contribution in [0.1, 0.15) is 5.69 Å². The minimum absolute atomic E-state index is 0.0494. The number of benzene rings is 1. The molecule has 0 saturated carbocycles. The Kier molecular flexibility index (Phi) is 5.49. The highest BCUT2D eigenvalue weighted by atomic mass is 79.9. The van der Waals surface area contributed by atoms with Crippen LogP contribution in [-0.4, -0.2) is 38.2 Å². The van der Waals surface area contributed by atoms with Gasteiger partial charge in [0.2, 0.25) is 0 Å². The first-order valence-corrected chi connectivity index (χ1v) is 7.95. The van der Waals surface area contributed by atoms with E-state index in [2.05, 4.69) is 36.2 Å². The summed E-state index contributed by atoms with van der Waals surface area (Å²) in [6.07, 6.45) is 4.44. The number of hydrogen-bond acceptors (Lipinski definition) is 6. The largest absolute Gasteiger partial charge is 0.488 e. The molecule has 0 radical (unpaired) electrons. The van der Waals surface area contributed by atoms with Gasteiger partial charge in [-0.2, -0.15) is 9.97 Å². The van der Waals surface area contributed by atoms with E-state index >= 15 is 0 Å². The molecule has 1 aromatic carbocycles. The molecule has 0 amide bonds. The van der Waals surface area contributed by atoms with Gasteiger partial charge >= 0.3 is 6.01 Å². The maximum absolute atomic E-state index is 13.3. The number of nitrogens with zero attached hydrogens (tertiary/aromatic N) is 5. The normalized spacial score (nSPS) is 10.7. The van der Waals surface area contributed by atoms with E-state index in [1.54, 1.807) is 18.3 Å². The molecule has 0 aliphatic carbocycles. The lowest BCUT2D eigenvalue weighted by molar-refractivity contribution is 0.260. The van der Waals surface area contributed by atoms with Crippen LogP contribution in [0.4, 0.5) is 8.78 Å².